The second-order valence-electron chi connectivity index (χ2n) is 3.36. The molecule has 16 heavy (non-hydrogen) atoms. The first-order valence-electron chi connectivity index (χ1n) is 4.75. The van der Waals surface area contributed by atoms with E-state index in [1.807, 2.05) is 30.3 Å². The number of rotatable bonds is 4. The van der Waals surface area contributed by atoms with E-state index in [9.17, 15) is 4.79 Å². The zero-order chi connectivity index (χ0) is 11.3. The van der Waals surface area contributed by atoms with Crippen LogP contribution in [-0.2, 0) is 16.1 Å². The van der Waals surface area contributed by atoms with Crippen LogP contribution in [-0.4, -0.2) is 23.2 Å². The minimum atomic E-state index is -0.978. The van der Waals surface area contributed by atoms with Crippen molar-refractivity contribution in [2.45, 2.75) is 25.7 Å². The van der Waals surface area contributed by atoms with E-state index in [-0.39, 0.29) is 19.0 Å². The number of aliphatic hydroxyl groups is 1. The van der Waals surface area contributed by atoms with Gasteiger partial charge < -0.3 is 15.6 Å². The zero-order valence-corrected chi connectivity index (χ0v) is 9.81. The van der Waals surface area contributed by atoms with Crippen molar-refractivity contribution in [3.8, 4) is 0 Å². The average Bonchev–Trinajstić information content (AvgIpc) is 2.26. The number of carbonyl (C=O) groups is 1. The summed E-state index contributed by atoms with van der Waals surface area (Å²) in [5.74, 6) is -0.589. The van der Waals surface area contributed by atoms with Crippen molar-refractivity contribution < 1.29 is 14.6 Å². The Hall–Kier alpha value is -1.10. The van der Waals surface area contributed by atoms with Crippen LogP contribution in [0.25, 0.3) is 0 Å². The monoisotopic (exact) mass is 245 g/mol. The minimum Gasteiger partial charge on any atom is -0.460 e. The lowest BCUT2D eigenvalue weighted by atomic mass is 10.2. The van der Waals surface area contributed by atoms with Crippen LogP contribution in [0.3, 0.4) is 0 Å². The number of ether oxygens (including phenoxy) is 1. The largest absolute Gasteiger partial charge is 0.460 e. The van der Waals surface area contributed by atoms with Gasteiger partial charge in [0.25, 0.3) is 0 Å². The van der Waals surface area contributed by atoms with E-state index in [0.717, 1.165) is 5.56 Å². The highest BCUT2D eigenvalue weighted by molar-refractivity contribution is 5.85. The van der Waals surface area contributed by atoms with E-state index in [1.165, 1.54) is 6.92 Å². The van der Waals surface area contributed by atoms with Gasteiger partial charge in [0.1, 0.15) is 12.6 Å². The molecule has 1 aromatic carbocycles. The van der Waals surface area contributed by atoms with Gasteiger partial charge in [-0.25, -0.2) is 0 Å². The lowest BCUT2D eigenvalue weighted by Gasteiger charge is -2.13. The first kappa shape index (κ1) is 14.9. The molecule has 0 heterocycles. The normalized spacial score (nSPS) is 13.4. The number of carbonyl (C=O) groups excluding carboxylic acids is 1. The van der Waals surface area contributed by atoms with Crippen LogP contribution in [0.5, 0.6) is 0 Å². The molecule has 0 aliphatic carbocycles. The summed E-state index contributed by atoms with van der Waals surface area (Å²) in [7, 11) is 0. The summed E-state index contributed by atoms with van der Waals surface area (Å²) in [5.41, 5.74) is 6.29. The molecule has 0 radical (unpaired) electrons. The standard InChI is InChI=1S/C11H15NO3.ClH/c1-8(13)10(12)11(14)15-7-9-5-3-2-4-6-9;/h2-6,8,10,13H,7,12H2,1H3;1H/t8-,10+;/m0./s1. The van der Waals surface area contributed by atoms with Gasteiger partial charge in [0.15, 0.2) is 0 Å². The van der Waals surface area contributed by atoms with Gasteiger partial charge in [0.2, 0.25) is 0 Å². The Morgan fingerprint density at radius 3 is 2.50 bits per heavy atom. The molecule has 5 heteroatoms. The number of halogens is 1. The van der Waals surface area contributed by atoms with Gasteiger partial charge in [-0.2, -0.15) is 0 Å². The van der Waals surface area contributed by atoms with E-state index in [1.54, 1.807) is 0 Å². The van der Waals surface area contributed by atoms with Crippen LogP contribution < -0.4 is 5.73 Å². The van der Waals surface area contributed by atoms with Gasteiger partial charge in [0, 0.05) is 0 Å². The third kappa shape index (κ3) is 4.61. The van der Waals surface area contributed by atoms with E-state index < -0.39 is 18.1 Å². The SMILES string of the molecule is C[C@H](O)[C@@H](N)C(=O)OCc1ccccc1.Cl. The number of nitrogens with two attached hydrogens (primary N) is 1. The molecule has 1 rings (SSSR count). The molecule has 0 amide bonds. The molecule has 0 aliphatic heterocycles. The van der Waals surface area contributed by atoms with Crippen molar-refractivity contribution in [3.05, 3.63) is 35.9 Å². The molecule has 0 saturated carbocycles. The van der Waals surface area contributed by atoms with Crippen LogP contribution in [0.15, 0.2) is 30.3 Å². The fourth-order valence-corrected chi connectivity index (χ4v) is 1.02. The maximum atomic E-state index is 11.3. The van der Waals surface area contributed by atoms with Crippen LogP contribution in [0, 0.1) is 0 Å². The summed E-state index contributed by atoms with van der Waals surface area (Å²) >= 11 is 0. The van der Waals surface area contributed by atoms with Crippen molar-refractivity contribution in [1.29, 1.82) is 0 Å². The summed E-state index contributed by atoms with van der Waals surface area (Å²) in [5, 5.41) is 9.06. The van der Waals surface area contributed by atoms with Gasteiger partial charge in [-0.1, -0.05) is 30.3 Å². The molecule has 1 aromatic rings. The van der Waals surface area contributed by atoms with E-state index in [0.29, 0.717) is 0 Å². The second kappa shape index (κ2) is 7.22. The molecular formula is C11H16ClNO3. The predicted octanol–water partition coefficient (Wildman–Crippen LogP) is 0.860. The third-order valence-corrected chi connectivity index (χ3v) is 2.02. The van der Waals surface area contributed by atoms with Crippen molar-refractivity contribution in [2.75, 3.05) is 0 Å². The molecule has 2 atom stereocenters. The first-order chi connectivity index (χ1) is 7.11. The predicted molar refractivity (Wildman–Crippen MR) is 63.1 cm³/mol. The van der Waals surface area contributed by atoms with E-state index >= 15 is 0 Å². The molecule has 0 aliphatic rings. The highest BCUT2D eigenvalue weighted by Crippen LogP contribution is 2.02. The second-order valence-corrected chi connectivity index (χ2v) is 3.36. The molecule has 0 bridgehead atoms. The Kier molecular flexibility index (Phi) is 6.72. The van der Waals surface area contributed by atoms with Gasteiger partial charge >= 0.3 is 5.97 Å². The Bertz CT molecular complexity index is 316. The summed E-state index contributed by atoms with van der Waals surface area (Å²) in [6.45, 7) is 1.63. The van der Waals surface area contributed by atoms with Crippen LogP contribution in [0.2, 0.25) is 0 Å². The number of aliphatic hydroxyl groups excluding tert-OH is 1. The number of hydrogen-bond donors (Lipinski definition) is 2. The summed E-state index contributed by atoms with van der Waals surface area (Å²) in [6, 6.07) is 8.32. The Balaban J connectivity index is 0.00000225. The third-order valence-electron chi connectivity index (χ3n) is 2.02. The fourth-order valence-electron chi connectivity index (χ4n) is 1.02. The lowest BCUT2D eigenvalue weighted by Crippen LogP contribution is -2.41. The Morgan fingerprint density at radius 2 is 2.00 bits per heavy atom. The van der Waals surface area contributed by atoms with Crippen LogP contribution >= 0.6 is 12.4 Å². The van der Waals surface area contributed by atoms with Crippen molar-refractivity contribution in [1.82, 2.24) is 0 Å². The van der Waals surface area contributed by atoms with Gasteiger partial charge in [-0.3, -0.25) is 4.79 Å². The molecular weight excluding hydrogens is 230 g/mol. The highest BCUT2D eigenvalue weighted by Gasteiger charge is 2.19. The fraction of sp³-hybridized carbons (Fsp3) is 0.364. The smallest absolute Gasteiger partial charge is 0.325 e. The molecule has 0 aromatic heterocycles. The molecule has 3 N–H and O–H groups in total. The average molecular weight is 246 g/mol. The maximum absolute atomic E-state index is 11.3. The summed E-state index contributed by atoms with van der Waals surface area (Å²) in [4.78, 5) is 11.3. The molecule has 90 valence electrons. The van der Waals surface area contributed by atoms with Crippen molar-refractivity contribution in [2.24, 2.45) is 5.73 Å². The van der Waals surface area contributed by atoms with Gasteiger partial charge in [-0.15, -0.1) is 12.4 Å². The Morgan fingerprint density at radius 1 is 1.44 bits per heavy atom. The van der Waals surface area contributed by atoms with Crippen molar-refractivity contribution in [3.63, 3.8) is 0 Å². The van der Waals surface area contributed by atoms with Crippen LogP contribution in [0.1, 0.15) is 12.5 Å². The zero-order valence-electron chi connectivity index (χ0n) is 9.00. The van der Waals surface area contributed by atoms with E-state index in [2.05, 4.69) is 0 Å². The number of esters is 1. The maximum Gasteiger partial charge on any atom is 0.325 e. The van der Waals surface area contributed by atoms with Gasteiger partial charge in [0.05, 0.1) is 6.10 Å². The quantitative estimate of drug-likeness (QED) is 0.772. The highest BCUT2D eigenvalue weighted by atomic mass is 35.5. The number of hydrogen-bond acceptors (Lipinski definition) is 4. The van der Waals surface area contributed by atoms with E-state index in [4.69, 9.17) is 15.6 Å². The lowest BCUT2D eigenvalue weighted by molar-refractivity contribution is -0.149. The van der Waals surface area contributed by atoms with Gasteiger partial charge in [-0.05, 0) is 12.5 Å². The summed E-state index contributed by atoms with van der Waals surface area (Å²) in [6.07, 6.45) is -0.895. The minimum absolute atomic E-state index is 0. The Labute approximate surface area is 101 Å². The van der Waals surface area contributed by atoms with Crippen molar-refractivity contribution >= 4 is 18.4 Å². The molecule has 0 unspecified atom stereocenters. The molecule has 0 spiro atoms. The molecule has 4 nitrogen and oxygen atoms in total. The van der Waals surface area contributed by atoms with Crippen LogP contribution in [0.4, 0.5) is 0 Å². The number of benzene rings is 1. The molecule has 0 saturated heterocycles. The summed E-state index contributed by atoms with van der Waals surface area (Å²) < 4.78 is 4.93. The first-order valence-corrected chi connectivity index (χ1v) is 4.75. The topological polar surface area (TPSA) is 72.5 Å². The molecule has 0 fully saturated rings.